The molecule has 122 valence electrons. The van der Waals surface area contributed by atoms with Crippen LogP contribution >= 0.6 is 67.8 Å². The molecule has 0 aliphatic rings. The molecule has 0 aliphatic heterocycles. The summed E-state index contributed by atoms with van der Waals surface area (Å²) < 4.78 is 8.10. The summed E-state index contributed by atoms with van der Waals surface area (Å²) in [6.45, 7) is 0. The van der Waals surface area contributed by atoms with E-state index in [4.69, 9.17) is 15.6 Å². The van der Waals surface area contributed by atoms with Gasteiger partial charge in [0.1, 0.15) is 17.5 Å². The van der Waals surface area contributed by atoms with E-state index in [1.165, 1.54) is 6.07 Å². The van der Waals surface area contributed by atoms with Crippen LogP contribution in [0.5, 0.6) is 17.2 Å². The van der Waals surface area contributed by atoms with Gasteiger partial charge in [0.2, 0.25) is 0 Å². The van der Waals surface area contributed by atoms with Crippen molar-refractivity contribution in [1.82, 2.24) is 0 Å². The van der Waals surface area contributed by atoms with Crippen molar-refractivity contribution in [2.45, 2.75) is 12.5 Å². The van der Waals surface area contributed by atoms with Gasteiger partial charge >= 0.3 is 35.5 Å². The third-order valence-electron chi connectivity index (χ3n) is 3.02. The smallest absolute Gasteiger partial charge is 0.872 e. The van der Waals surface area contributed by atoms with E-state index in [1.807, 2.05) is 28.7 Å². The number of benzene rings is 2. The number of carboxylic acid groups (broad SMARTS) is 1. The molecule has 1 atom stereocenters. The molecular weight excluding hydrogens is 662 g/mol. The second kappa shape index (κ2) is 10.1. The quantitative estimate of drug-likeness (QED) is 0.353. The molecule has 0 spiro atoms. The van der Waals surface area contributed by atoms with E-state index >= 15 is 0 Å². The molecule has 0 saturated heterocycles. The first kappa shape index (κ1) is 22.7. The molecule has 2 aromatic rings. The van der Waals surface area contributed by atoms with E-state index < -0.39 is 12.0 Å². The molecule has 2 rings (SSSR count). The molecule has 0 heterocycles. The molecule has 0 bridgehead atoms. The molecule has 0 fully saturated rings. The summed E-state index contributed by atoms with van der Waals surface area (Å²) in [6, 6.07) is 7.58. The fraction of sp³-hybridized carbons (Fsp3) is 0.133. The average Bonchev–Trinajstić information content (AvgIpc) is 2.50. The van der Waals surface area contributed by atoms with Gasteiger partial charge in [-0.2, -0.15) is 0 Å². The third-order valence-corrected chi connectivity index (χ3v) is 7.20. The first-order valence-corrected chi connectivity index (χ1v) is 9.63. The average molecular weight is 673 g/mol. The Bertz CT molecular complexity index is 758. The zero-order valence-corrected chi connectivity index (χ0v) is 21.0. The van der Waals surface area contributed by atoms with Crippen LogP contribution in [0.25, 0.3) is 0 Å². The first-order chi connectivity index (χ1) is 10.8. The molecule has 0 radical (unpaired) electrons. The fourth-order valence-corrected chi connectivity index (χ4v) is 3.51. The number of carbonyl (C=O) groups is 1. The van der Waals surface area contributed by atoms with Crippen molar-refractivity contribution in [1.29, 1.82) is 0 Å². The molecule has 0 aliphatic carbocycles. The Morgan fingerprint density at radius 3 is 2.46 bits per heavy atom. The molecule has 3 N–H and O–H groups in total. The summed E-state index contributed by atoms with van der Waals surface area (Å²) in [5.74, 6) is 0.174. The van der Waals surface area contributed by atoms with Crippen molar-refractivity contribution in [3.63, 3.8) is 0 Å². The summed E-state index contributed by atoms with van der Waals surface area (Å²) in [4.78, 5) is 10.8. The van der Waals surface area contributed by atoms with Crippen LogP contribution in [0.4, 0.5) is 0 Å². The van der Waals surface area contributed by atoms with Crippen molar-refractivity contribution in [3.05, 3.63) is 46.6 Å². The number of nitrogens with two attached hydrogens (primary N) is 1. The van der Waals surface area contributed by atoms with E-state index in [2.05, 4.69) is 45.2 Å². The van der Waals surface area contributed by atoms with Gasteiger partial charge in [-0.15, -0.1) is 0 Å². The van der Waals surface area contributed by atoms with Crippen molar-refractivity contribution in [2.75, 3.05) is 0 Å². The van der Waals surface area contributed by atoms with Gasteiger partial charge in [-0.25, -0.2) is 0 Å². The maximum atomic E-state index is 11.6. The van der Waals surface area contributed by atoms with Gasteiger partial charge in [-0.3, -0.25) is 4.79 Å². The van der Waals surface area contributed by atoms with Crippen molar-refractivity contribution < 1.29 is 49.3 Å². The Kier molecular flexibility index (Phi) is 9.57. The van der Waals surface area contributed by atoms with Gasteiger partial charge in [0.05, 0.1) is 3.57 Å². The second-order valence-corrected chi connectivity index (χ2v) is 8.01. The molecule has 0 saturated carbocycles. The Labute approximate surface area is 202 Å². The largest absolute Gasteiger partial charge is 1.00 e. The number of hydrogen-bond donors (Lipinski definition) is 2. The maximum Gasteiger partial charge on any atom is 1.00 e. The molecule has 24 heavy (non-hydrogen) atoms. The van der Waals surface area contributed by atoms with Crippen LogP contribution < -0.4 is 45.1 Å². The van der Waals surface area contributed by atoms with Crippen LogP contribution in [0.3, 0.4) is 0 Å². The summed E-state index contributed by atoms with van der Waals surface area (Å²) in [5, 5.41) is 20.5. The molecule has 5 nitrogen and oxygen atoms in total. The second-order valence-electron chi connectivity index (χ2n) is 4.69. The van der Waals surface area contributed by atoms with Crippen LogP contribution in [-0.2, 0) is 11.2 Å². The topological polar surface area (TPSA) is 95.6 Å². The predicted octanol–water partition coefficient (Wildman–Crippen LogP) is 0.325. The van der Waals surface area contributed by atoms with Crippen molar-refractivity contribution >= 4 is 73.7 Å². The van der Waals surface area contributed by atoms with Crippen LogP contribution in [0.1, 0.15) is 5.56 Å². The number of rotatable bonds is 5. The van der Waals surface area contributed by atoms with E-state index in [1.54, 1.807) is 18.2 Å². The molecule has 9 heteroatoms. The van der Waals surface area contributed by atoms with Crippen LogP contribution in [0.15, 0.2) is 30.3 Å². The molecule has 2 aromatic carbocycles. The van der Waals surface area contributed by atoms with Gasteiger partial charge in [-0.1, -0.05) is 17.9 Å². The summed E-state index contributed by atoms with van der Waals surface area (Å²) in [7, 11) is 0. The van der Waals surface area contributed by atoms with Gasteiger partial charge in [0.25, 0.3) is 0 Å². The van der Waals surface area contributed by atoms with Crippen LogP contribution in [-0.4, -0.2) is 17.1 Å². The summed E-state index contributed by atoms with van der Waals surface area (Å²) in [6.07, 6.45) is 0.258. The van der Waals surface area contributed by atoms with E-state index in [0.29, 0.717) is 15.1 Å². The van der Waals surface area contributed by atoms with Gasteiger partial charge in [-0.05, 0) is 98.0 Å². The zero-order chi connectivity index (χ0) is 17.1. The minimum Gasteiger partial charge on any atom is -0.872 e. The monoisotopic (exact) mass is 673 g/mol. The number of aliphatic carboxylic acids is 1. The van der Waals surface area contributed by atoms with Gasteiger partial charge in [0, 0.05) is 7.14 Å². The number of hydrogen-bond acceptors (Lipinski definition) is 4. The van der Waals surface area contributed by atoms with E-state index in [9.17, 15) is 9.90 Å². The van der Waals surface area contributed by atoms with E-state index in [-0.39, 0.29) is 41.7 Å². The Morgan fingerprint density at radius 2 is 1.88 bits per heavy atom. The molecular formula is C15H11I3NNaO4. The van der Waals surface area contributed by atoms with Crippen molar-refractivity contribution in [3.8, 4) is 17.2 Å². The standard InChI is InChI=1S/C15H12I3NO4.Na/c16-9-6-8(2-1-7(9)5-10(19)15(21)22)23-12-4-3-11(20)13(17)14(12)18;/h1-4,6,10,20H,5,19H2,(H,21,22);/q;+1/p-1/t10-;/m1./s1. The molecule has 0 unspecified atom stereocenters. The van der Waals surface area contributed by atoms with Crippen LogP contribution in [0.2, 0.25) is 0 Å². The van der Waals surface area contributed by atoms with E-state index in [0.717, 1.165) is 12.7 Å². The summed E-state index contributed by atoms with van der Waals surface area (Å²) >= 11 is 6.20. The number of ether oxygens (including phenoxy) is 1. The minimum atomic E-state index is -1.03. The molecule has 0 aromatic heterocycles. The first-order valence-electron chi connectivity index (χ1n) is 6.39. The Balaban J connectivity index is 0.00000288. The van der Waals surface area contributed by atoms with Crippen LogP contribution in [0, 0.1) is 10.7 Å². The number of carboxylic acids is 1. The van der Waals surface area contributed by atoms with Crippen molar-refractivity contribution in [2.24, 2.45) is 5.73 Å². The fourth-order valence-electron chi connectivity index (χ4n) is 1.80. The van der Waals surface area contributed by atoms with Gasteiger partial charge in [0.15, 0.2) is 0 Å². The van der Waals surface area contributed by atoms with Gasteiger partial charge < -0.3 is 20.7 Å². The third kappa shape index (κ3) is 5.84. The number of halogens is 3. The SMILES string of the molecule is N[C@H](Cc1ccc(Oc2ccc([O-])c(I)c2I)cc1I)C(=O)O.[Na+]. The summed E-state index contributed by atoms with van der Waals surface area (Å²) in [5.41, 5.74) is 6.42. The Hall–Kier alpha value is 0.660. The minimum absolute atomic E-state index is 0. The zero-order valence-electron chi connectivity index (χ0n) is 12.6. The normalized spacial score (nSPS) is 11.5. The maximum absolute atomic E-state index is 11.6. The molecule has 0 amide bonds. The Morgan fingerprint density at radius 1 is 1.21 bits per heavy atom. The predicted molar refractivity (Wildman–Crippen MR) is 110 cm³/mol.